The topological polar surface area (TPSA) is 69.6 Å². The summed E-state index contributed by atoms with van der Waals surface area (Å²) in [6.45, 7) is 4.22. The summed E-state index contributed by atoms with van der Waals surface area (Å²) < 4.78 is 0. The number of hydrogen-bond donors (Lipinski definition) is 3. The standard InChI is InChI=1S/C36H67NO3/c1-3-5-7-9-11-13-14-15-16-17-18-19-20-21-22-24-26-28-30-32-36(40)37-34(33-38)35(39)31-29-27-25-23-12-10-8-6-4-2/h15-16,25,27,29,31,34-35,38-39H,3-14,17-24,26,28,30,32-33H2,1-2H3,(H,37,40)/b16-15-,27-25+,31-29+/t34-,35+/m0/s1. The molecule has 0 aromatic carbocycles. The molecular formula is C36H67NO3. The smallest absolute Gasteiger partial charge is 0.220 e. The molecule has 0 spiro atoms. The van der Waals surface area contributed by atoms with Crippen molar-refractivity contribution in [1.82, 2.24) is 5.32 Å². The van der Waals surface area contributed by atoms with Gasteiger partial charge in [-0.1, -0.05) is 153 Å². The van der Waals surface area contributed by atoms with Crippen LogP contribution in [0.4, 0.5) is 0 Å². The van der Waals surface area contributed by atoms with Gasteiger partial charge in [0.1, 0.15) is 0 Å². The normalized spacial score (nSPS) is 13.6. The Kier molecular flexibility index (Phi) is 31.0. The van der Waals surface area contributed by atoms with Crippen LogP contribution in [0.1, 0.15) is 168 Å². The van der Waals surface area contributed by atoms with Crippen LogP contribution in [-0.2, 0) is 4.79 Å². The number of carbonyl (C=O) groups excluding carboxylic acids is 1. The second-order valence-corrected chi connectivity index (χ2v) is 11.6. The Hall–Kier alpha value is -1.39. The van der Waals surface area contributed by atoms with E-state index in [9.17, 15) is 15.0 Å². The van der Waals surface area contributed by atoms with Gasteiger partial charge in [-0.15, -0.1) is 0 Å². The van der Waals surface area contributed by atoms with Crippen LogP contribution in [0.3, 0.4) is 0 Å². The largest absolute Gasteiger partial charge is 0.394 e. The Balaban J connectivity index is 3.62. The molecule has 0 aromatic rings. The number of rotatable bonds is 30. The van der Waals surface area contributed by atoms with Crippen molar-refractivity contribution in [3.05, 3.63) is 36.5 Å². The predicted molar refractivity (Wildman–Crippen MR) is 175 cm³/mol. The van der Waals surface area contributed by atoms with E-state index in [2.05, 4.69) is 37.4 Å². The van der Waals surface area contributed by atoms with Crippen LogP contribution >= 0.6 is 0 Å². The number of aliphatic hydroxyl groups excluding tert-OH is 2. The minimum absolute atomic E-state index is 0.0878. The predicted octanol–water partition coefficient (Wildman–Crippen LogP) is 9.90. The molecule has 0 heterocycles. The van der Waals surface area contributed by atoms with E-state index in [1.165, 1.54) is 128 Å². The third-order valence-electron chi connectivity index (χ3n) is 7.65. The van der Waals surface area contributed by atoms with Crippen LogP contribution in [0.5, 0.6) is 0 Å². The minimum Gasteiger partial charge on any atom is -0.394 e. The fourth-order valence-corrected chi connectivity index (χ4v) is 4.93. The molecule has 0 aliphatic carbocycles. The zero-order chi connectivity index (χ0) is 29.4. The van der Waals surface area contributed by atoms with Crippen molar-refractivity contribution in [2.24, 2.45) is 0 Å². The first kappa shape index (κ1) is 38.6. The van der Waals surface area contributed by atoms with Crippen LogP contribution in [0.25, 0.3) is 0 Å². The molecule has 0 aliphatic rings. The van der Waals surface area contributed by atoms with Gasteiger partial charge in [0.05, 0.1) is 18.8 Å². The molecular weight excluding hydrogens is 494 g/mol. The Bertz CT molecular complexity index is 613. The highest BCUT2D eigenvalue weighted by molar-refractivity contribution is 5.76. The lowest BCUT2D eigenvalue weighted by atomic mass is 10.0. The highest BCUT2D eigenvalue weighted by Crippen LogP contribution is 2.13. The molecule has 2 atom stereocenters. The molecule has 3 N–H and O–H groups in total. The molecule has 0 saturated carbocycles. The van der Waals surface area contributed by atoms with Crippen LogP contribution in [0, 0.1) is 0 Å². The van der Waals surface area contributed by atoms with E-state index in [4.69, 9.17) is 0 Å². The van der Waals surface area contributed by atoms with E-state index in [1.807, 2.05) is 6.08 Å². The van der Waals surface area contributed by atoms with Gasteiger partial charge in [-0.3, -0.25) is 4.79 Å². The van der Waals surface area contributed by atoms with Gasteiger partial charge in [0.2, 0.25) is 5.91 Å². The third-order valence-corrected chi connectivity index (χ3v) is 7.65. The van der Waals surface area contributed by atoms with Crippen LogP contribution in [0.2, 0.25) is 0 Å². The molecule has 0 unspecified atom stereocenters. The summed E-state index contributed by atoms with van der Waals surface area (Å²) in [7, 11) is 0. The second kappa shape index (κ2) is 32.1. The summed E-state index contributed by atoms with van der Waals surface area (Å²) in [6, 6.07) is -0.651. The lowest BCUT2D eigenvalue weighted by Crippen LogP contribution is -2.45. The maximum atomic E-state index is 12.2. The van der Waals surface area contributed by atoms with Gasteiger partial charge in [0, 0.05) is 6.42 Å². The summed E-state index contributed by atoms with van der Waals surface area (Å²) in [5.41, 5.74) is 0. The average Bonchev–Trinajstić information content (AvgIpc) is 2.96. The maximum Gasteiger partial charge on any atom is 0.220 e. The lowest BCUT2D eigenvalue weighted by molar-refractivity contribution is -0.123. The minimum atomic E-state index is -0.885. The van der Waals surface area contributed by atoms with Crippen molar-refractivity contribution in [1.29, 1.82) is 0 Å². The number of hydrogen-bond acceptors (Lipinski definition) is 3. The molecule has 234 valence electrons. The number of nitrogens with one attached hydrogen (secondary N) is 1. The molecule has 1 amide bonds. The number of aliphatic hydroxyl groups is 2. The van der Waals surface area contributed by atoms with Crippen molar-refractivity contribution in [2.45, 2.75) is 180 Å². The Labute approximate surface area is 249 Å². The zero-order valence-corrected chi connectivity index (χ0v) is 26.6. The molecule has 0 bridgehead atoms. The summed E-state index contributed by atoms with van der Waals surface area (Å²) in [5.74, 6) is -0.0878. The Morgan fingerprint density at radius 2 is 1.02 bits per heavy atom. The van der Waals surface area contributed by atoms with Gasteiger partial charge in [-0.05, 0) is 44.9 Å². The molecule has 0 radical (unpaired) electrons. The highest BCUT2D eigenvalue weighted by Gasteiger charge is 2.17. The molecule has 40 heavy (non-hydrogen) atoms. The van der Waals surface area contributed by atoms with Crippen molar-refractivity contribution < 1.29 is 15.0 Å². The monoisotopic (exact) mass is 562 g/mol. The van der Waals surface area contributed by atoms with Gasteiger partial charge in [0.25, 0.3) is 0 Å². The molecule has 0 aliphatic heterocycles. The SMILES string of the molecule is CCCCCCC/C=C/C=C/[C@@H](O)[C@H](CO)NC(=O)CCCCCCCCCCC/C=C\CCCCCCCC. The van der Waals surface area contributed by atoms with Gasteiger partial charge in [-0.25, -0.2) is 0 Å². The quantitative estimate of drug-likeness (QED) is 0.0464. The van der Waals surface area contributed by atoms with Crippen molar-refractivity contribution in [3.63, 3.8) is 0 Å². The number of unbranched alkanes of at least 4 members (excludes halogenated alkanes) is 20. The van der Waals surface area contributed by atoms with Gasteiger partial charge >= 0.3 is 0 Å². The maximum absolute atomic E-state index is 12.2. The molecule has 4 nitrogen and oxygen atoms in total. The van der Waals surface area contributed by atoms with Crippen LogP contribution in [-0.4, -0.2) is 34.9 Å². The summed E-state index contributed by atoms with van der Waals surface area (Å²) in [4.78, 5) is 12.2. The van der Waals surface area contributed by atoms with Crippen molar-refractivity contribution in [3.8, 4) is 0 Å². The lowest BCUT2D eigenvalue weighted by Gasteiger charge is -2.19. The molecule has 0 aromatic heterocycles. The third kappa shape index (κ3) is 28.1. The van der Waals surface area contributed by atoms with Crippen molar-refractivity contribution in [2.75, 3.05) is 6.61 Å². The summed E-state index contributed by atoms with van der Waals surface area (Å²) >= 11 is 0. The Morgan fingerprint density at radius 3 is 1.50 bits per heavy atom. The van der Waals surface area contributed by atoms with E-state index < -0.39 is 12.1 Å². The van der Waals surface area contributed by atoms with E-state index in [1.54, 1.807) is 12.2 Å². The first-order valence-electron chi connectivity index (χ1n) is 17.2. The average molecular weight is 562 g/mol. The first-order chi connectivity index (χ1) is 19.7. The van der Waals surface area contributed by atoms with Gasteiger partial charge < -0.3 is 15.5 Å². The van der Waals surface area contributed by atoms with Crippen LogP contribution in [0.15, 0.2) is 36.5 Å². The second-order valence-electron chi connectivity index (χ2n) is 11.6. The van der Waals surface area contributed by atoms with Gasteiger partial charge in [-0.2, -0.15) is 0 Å². The van der Waals surface area contributed by atoms with E-state index in [-0.39, 0.29) is 12.5 Å². The molecule has 0 rings (SSSR count). The first-order valence-corrected chi connectivity index (χ1v) is 17.2. The Morgan fingerprint density at radius 1 is 0.600 bits per heavy atom. The fraction of sp³-hybridized carbons (Fsp3) is 0.806. The number of carbonyl (C=O) groups is 1. The molecule has 0 fully saturated rings. The molecule has 4 heteroatoms. The fourth-order valence-electron chi connectivity index (χ4n) is 4.93. The number of amides is 1. The zero-order valence-electron chi connectivity index (χ0n) is 26.6. The van der Waals surface area contributed by atoms with Crippen LogP contribution < -0.4 is 5.32 Å². The van der Waals surface area contributed by atoms with Crippen molar-refractivity contribution >= 4 is 5.91 Å². The van der Waals surface area contributed by atoms with Gasteiger partial charge in [0.15, 0.2) is 0 Å². The summed E-state index contributed by atoms with van der Waals surface area (Å²) in [6.07, 6.45) is 40.9. The van der Waals surface area contributed by atoms with E-state index >= 15 is 0 Å². The number of allylic oxidation sites excluding steroid dienone is 5. The van der Waals surface area contributed by atoms with E-state index in [0.717, 1.165) is 19.3 Å². The highest BCUT2D eigenvalue weighted by atomic mass is 16.3. The molecule has 0 saturated heterocycles. The van der Waals surface area contributed by atoms with E-state index in [0.29, 0.717) is 6.42 Å². The summed E-state index contributed by atoms with van der Waals surface area (Å²) in [5, 5.41) is 22.7.